The molecule has 3 rings (SSSR count). The summed E-state index contributed by atoms with van der Waals surface area (Å²) in [6, 6.07) is 8.27. The Morgan fingerprint density at radius 3 is 2.90 bits per heavy atom. The van der Waals surface area contributed by atoms with Crippen molar-refractivity contribution >= 4 is 27.5 Å². The van der Waals surface area contributed by atoms with E-state index in [-0.39, 0.29) is 11.9 Å². The number of rotatable bonds is 2. The minimum absolute atomic E-state index is 0.0340. The first-order valence-corrected chi connectivity index (χ1v) is 8.34. The minimum atomic E-state index is -0.0340. The molecular formula is C16H21BrN2O. The maximum absolute atomic E-state index is 12.4. The molecule has 1 aromatic rings. The summed E-state index contributed by atoms with van der Waals surface area (Å²) in [5.41, 5.74) is 0.858. The maximum atomic E-state index is 12.4. The first-order chi connectivity index (χ1) is 9.72. The third-order valence-electron chi connectivity index (χ3n) is 4.56. The first kappa shape index (κ1) is 14.1. The van der Waals surface area contributed by atoms with Crippen LogP contribution >= 0.6 is 15.9 Å². The second-order valence-electron chi connectivity index (χ2n) is 5.95. The number of carbonyl (C=O) groups is 1. The lowest BCUT2D eigenvalue weighted by Crippen LogP contribution is -2.53. The highest BCUT2D eigenvalue weighted by Crippen LogP contribution is 2.32. The Kier molecular flexibility index (Phi) is 4.41. The van der Waals surface area contributed by atoms with Gasteiger partial charge in [0.2, 0.25) is 5.91 Å². The van der Waals surface area contributed by atoms with E-state index in [1.807, 2.05) is 24.3 Å². The van der Waals surface area contributed by atoms with Crippen LogP contribution in [-0.2, 0) is 4.79 Å². The summed E-state index contributed by atoms with van der Waals surface area (Å²) in [4.78, 5) is 12.4. The average molecular weight is 337 g/mol. The molecule has 3 nitrogen and oxygen atoms in total. The topological polar surface area (TPSA) is 41.1 Å². The number of nitrogens with one attached hydrogen (secondary N) is 2. The number of anilines is 1. The highest BCUT2D eigenvalue weighted by atomic mass is 79.9. The van der Waals surface area contributed by atoms with Crippen LogP contribution in [0.4, 0.5) is 5.69 Å². The van der Waals surface area contributed by atoms with Gasteiger partial charge in [0.25, 0.3) is 0 Å². The van der Waals surface area contributed by atoms with Gasteiger partial charge in [-0.3, -0.25) is 4.79 Å². The van der Waals surface area contributed by atoms with Crippen LogP contribution in [0.5, 0.6) is 0 Å². The van der Waals surface area contributed by atoms with E-state index < -0.39 is 0 Å². The molecule has 1 saturated heterocycles. The van der Waals surface area contributed by atoms with Crippen molar-refractivity contribution in [2.24, 2.45) is 5.92 Å². The zero-order valence-corrected chi connectivity index (χ0v) is 13.2. The number of amides is 1. The second kappa shape index (κ2) is 6.27. The number of hydrogen-bond donors (Lipinski definition) is 2. The summed E-state index contributed by atoms with van der Waals surface area (Å²) in [7, 11) is 0. The van der Waals surface area contributed by atoms with Crippen LogP contribution < -0.4 is 10.6 Å². The van der Waals surface area contributed by atoms with Gasteiger partial charge in [-0.05, 0) is 49.8 Å². The Morgan fingerprint density at radius 2 is 2.05 bits per heavy atom. The SMILES string of the molecule is O=C(Nc1cccc(Br)c1)C1CCC2CCCCC2N1. The van der Waals surface area contributed by atoms with Gasteiger partial charge in [-0.25, -0.2) is 0 Å². The van der Waals surface area contributed by atoms with Crippen molar-refractivity contribution in [2.75, 3.05) is 5.32 Å². The van der Waals surface area contributed by atoms with E-state index >= 15 is 0 Å². The number of benzene rings is 1. The molecule has 1 saturated carbocycles. The molecule has 4 heteroatoms. The fourth-order valence-corrected chi connectivity index (χ4v) is 3.90. The molecule has 0 aromatic heterocycles. The Labute approximate surface area is 128 Å². The smallest absolute Gasteiger partial charge is 0.241 e. The third-order valence-corrected chi connectivity index (χ3v) is 5.05. The van der Waals surface area contributed by atoms with Gasteiger partial charge >= 0.3 is 0 Å². The van der Waals surface area contributed by atoms with Gasteiger partial charge in [0, 0.05) is 16.2 Å². The number of halogens is 1. The molecule has 1 amide bonds. The van der Waals surface area contributed by atoms with Gasteiger partial charge in [0.15, 0.2) is 0 Å². The number of piperidine rings is 1. The number of hydrogen-bond acceptors (Lipinski definition) is 2. The van der Waals surface area contributed by atoms with Crippen LogP contribution in [0.3, 0.4) is 0 Å². The van der Waals surface area contributed by atoms with E-state index in [1.54, 1.807) is 0 Å². The number of carbonyl (C=O) groups excluding carboxylic acids is 1. The summed E-state index contributed by atoms with van der Waals surface area (Å²) in [6.45, 7) is 0. The molecule has 108 valence electrons. The Bertz CT molecular complexity index is 491. The third kappa shape index (κ3) is 3.23. The molecule has 2 aliphatic rings. The van der Waals surface area contributed by atoms with Crippen LogP contribution in [0, 0.1) is 5.92 Å². The van der Waals surface area contributed by atoms with Crippen molar-refractivity contribution in [3.63, 3.8) is 0 Å². The summed E-state index contributed by atoms with van der Waals surface area (Å²) in [5, 5.41) is 6.58. The molecule has 2 fully saturated rings. The van der Waals surface area contributed by atoms with Crippen molar-refractivity contribution in [1.29, 1.82) is 0 Å². The number of fused-ring (bicyclic) bond motifs is 1. The summed E-state index contributed by atoms with van der Waals surface area (Å²) in [5.74, 6) is 0.894. The molecular weight excluding hydrogens is 316 g/mol. The lowest BCUT2D eigenvalue weighted by molar-refractivity contribution is -0.119. The molecule has 3 unspecified atom stereocenters. The summed E-state index contributed by atoms with van der Waals surface area (Å²) in [6.07, 6.45) is 7.37. The molecule has 1 heterocycles. The van der Waals surface area contributed by atoms with Crippen LogP contribution in [0.25, 0.3) is 0 Å². The largest absolute Gasteiger partial charge is 0.325 e. The highest BCUT2D eigenvalue weighted by molar-refractivity contribution is 9.10. The predicted molar refractivity (Wildman–Crippen MR) is 84.7 cm³/mol. The molecule has 3 atom stereocenters. The molecule has 0 spiro atoms. The van der Waals surface area contributed by atoms with Crippen LogP contribution in [-0.4, -0.2) is 18.0 Å². The van der Waals surface area contributed by atoms with Gasteiger partial charge < -0.3 is 10.6 Å². The quantitative estimate of drug-likeness (QED) is 0.864. The highest BCUT2D eigenvalue weighted by Gasteiger charge is 2.34. The van der Waals surface area contributed by atoms with Crippen molar-refractivity contribution in [3.8, 4) is 0 Å². The molecule has 2 N–H and O–H groups in total. The molecule has 20 heavy (non-hydrogen) atoms. The molecule has 1 aliphatic carbocycles. The van der Waals surface area contributed by atoms with Crippen molar-refractivity contribution in [3.05, 3.63) is 28.7 Å². The van der Waals surface area contributed by atoms with Gasteiger partial charge in [-0.15, -0.1) is 0 Å². The zero-order valence-electron chi connectivity index (χ0n) is 11.6. The molecule has 0 bridgehead atoms. The first-order valence-electron chi connectivity index (χ1n) is 7.55. The lowest BCUT2D eigenvalue weighted by Gasteiger charge is -2.39. The van der Waals surface area contributed by atoms with Crippen LogP contribution in [0.15, 0.2) is 28.7 Å². The second-order valence-corrected chi connectivity index (χ2v) is 6.86. The Balaban J connectivity index is 1.60. The summed E-state index contributed by atoms with van der Waals surface area (Å²) < 4.78 is 0.985. The zero-order chi connectivity index (χ0) is 13.9. The Morgan fingerprint density at radius 1 is 1.20 bits per heavy atom. The van der Waals surface area contributed by atoms with Crippen molar-refractivity contribution in [1.82, 2.24) is 5.32 Å². The lowest BCUT2D eigenvalue weighted by atomic mass is 9.77. The van der Waals surface area contributed by atoms with Crippen molar-refractivity contribution < 1.29 is 4.79 Å². The van der Waals surface area contributed by atoms with Gasteiger partial charge in [-0.2, -0.15) is 0 Å². The predicted octanol–water partition coefficient (Wildman–Crippen LogP) is 3.70. The fraction of sp³-hybridized carbons (Fsp3) is 0.562. The van der Waals surface area contributed by atoms with Crippen molar-refractivity contribution in [2.45, 2.75) is 50.6 Å². The Hall–Kier alpha value is -0.870. The van der Waals surface area contributed by atoms with E-state index in [0.717, 1.165) is 22.5 Å². The van der Waals surface area contributed by atoms with E-state index in [2.05, 4.69) is 26.6 Å². The van der Waals surface area contributed by atoms with Gasteiger partial charge in [0.1, 0.15) is 0 Å². The van der Waals surface area contributed by atoms with Gasteiger partial charge in [-0.1, -0.05) is 34.8 Å². The van der Waals surface area contributed by atoms with E-state index in [0.29, 0.717) is 6.04 Å². The molecule has 1 aromatic carbocycles. The van der Waals surface area contributed by atoms with E-state index in [9.17, 15) is 4.79 Å². The summed E-state index contributed by atoms with van der Waals surface area (Å²) >= 11 is 3.43. The normalized spacial score (nSPS) is 29.6. The van der Waals surface area contributed by atoms with Crippen LogP contribution in [0.1, 0.15) is 38.5 Å². The molecule has 1 aliphatic heterocycles. The average Bonchev–Trinajstić information content (AvgIpc) is 2.47. The van der Waals surface area contributed by atoms with Gasteiger partial charge in [0.05, 0.1) is 6.04 Å². The maximum Gasteiger partial charge on any atom is 0.241 e. The standard InChI is InChI=1S/C16H21BrN2O/c17-12-5-3-6-13(10-12)18-16(20)15-9-8-11-4-1-2-7-14(11)19-15/h3,5-6,10-11,14-15,19H,1-2,4,7-9H2,(H,18,20). The van der Waals surface area contributed by atoms with E-state index in [1.165, 1.54) is 32.1 Å². The minimum Gasteiger partial charge on any atom is -0.325 e. The van der Waals surface area contributed by atoms with E-state index in [4.69, 9.17) is 0 Å². The van der Waals surface area contributed by atoms with Crippen LogP contribution in [0.2, 0.25) is 0 Å². The monoisotopic (exact) mass is 336 g/mol. The fourth-order valence-electron chi connectivity index (χ4n) is 3.50. The molecule has 0 radical (unpaired) electrons.